The Morgan fingerprint density at radius 3 is 3.00 bits per heavy atom. The fraction of sp³-hybridized carbons (Fsp3) is 0.571. The molecule has 1 aromatic carbocycles. The van der Waals surface area contributed by atoms with E-state index in [0.717, 1.165) is 36.2 Å². The lowest BCUT2D eigenvalue weighted by Crippen LogP contribution is -2.20. The molecule has 0 amide bonds. The maximum atomic E-state index is 5.91. The molecule has 1 N–H and O–H groups in total. The van der Waals surface area contributed by atoms with Gasteiger partial charge >= 0.3 is 0 Å². The largest absolute Gasteiger partial charge is 0.491 e. The SMILES string of the molecule is CC(CCCNC1CC1)Oc1cccc(Cl)c1. The Bertz CT molecular complexity index is 352. The van der Waals surface area contributed by atoms with Gasteiger partial charge in [-0.05, 0) is 57.4 Å². The average molecular weight is 254 g/mol. The molecule has 1 unspecified atom stereocenters. The molecule has 1 aromatic rings. The Labute approximate surface area is 108 Å². The predicted octanol–water partition coefficient (Wildman–Crippen LogP) is 3.64. The van der Waals surface area contributed by atoms with Gasteiger partial charge in [0.2, 0.25) is 0 Å². The standard InChI is InChI=1S/C14H20ClNO/c1-11(4-3-9-16-13-7-8-13)17-14-6-2-5-12(15)10-14/h2,5-6,10-11,13,16H,3-4,7-9H2,1H3. The number of ether oxygens (including phenoxy) is 1. The zero-order valence-electron chi connectivity index (χ0n) is 10.3. The number of hydrogen-bond acceptors (Lipinski definition) is 2. The van der Waals surface area contributed by atoms with Crippen LogP contribution in [0.5, 0.6) is 5.75 Å². The summed E-state index contributed by atoms with van der Waals surface area (Å²) in [5.41, 5.74) is 0. The Morgan fingerprint density at radius 2 is 2.29 bits per heavy atom. The van der Waals surface area contributed by atoms with Gasteiger partial charge in [0.15, 0.2) is 0 Å². The predicted molar refractivity (Wildman–Crippen MR) is 71.8 cm³/mol. The molecule has 2 nitrogen and oxygen atoms in total. The molecule has 0 radical (unpaired) electrons. The molecule has 0 spiro atoms. The van der Waals surface area contributed by atoms with Crippen LogP contribution in [0.25, 0.3) is 0 Å². The molecule has 0 aliphatic heterocycles. The number of halogens is 1. The molecule has 2 rings (SSSR count). The van der Waals surface area contributed by atoms with Gasteiger partial charge < -0.3 is 10.1 Å². The first-order valence-corrected chi connectivity index (χ1v) is 6.77. The van der Waals surface area contributed by atoms with Crippen LogP contribution in [0.15, 0.2) is 24.3 Å². The van der Waals surface area contributed by atoms with Crippen molar-refractivity contribution in [2.75, 3.05) is 6.54 Å². The summed E-state index contributed by atoms with van der Waals surface area (Å²) in [6.45, 7) is 3.21. The van der Waals surface area contributed by atoms with Crippen molar-refractivity contribution in [3.05, 3.63) is 29.3 Å². The second-order valence-electron chi connectivity index (χ2n) is 4.76. The first-order valence-electron chi connectivity index (χ1n) is 6.39. The van der Waals surface area contributed by atoms with E-state index in [4.69, 9.17) is 16.3 Å². The maximum absolute atomic E-state index is 5.91. The van der Waals surface area contributed by atoms with Crippen LogP contribution in [-0.2, 0) is 0 Å². The minimum Gasteiger partial charge on any atom is -0.491 e. The lowest BCUT2D eigenvalue weighted by molar-refractivity contribution is 0.207. The van der Waals surface area contributed by atoms with Crippen LogP contribution in [0.1, 0.15) is 32.6 Å². The van der Waals surface area contributed by atoms with E-state index in [9.17, 15) is 0 Å². The van der Waals surface area contributed by atoms with Crippen molar-refractivity contribution in [3.63, 3.8) is 0 Å². The van der Waals surface area contributed by atoms with Crippen LogP contribution >= 0.6 is 11.6 Å². The highest BCUT2D eigenvalue weighted by Gasteiger charge is 2.19. The number of rotatable bonds is 7. The van der Waals surface area contributed by atoms with Gasteiger partial charge in [-0.2, -0.15) is 0 Å². The lowest BCUT2D eigenvalue weighted by atomic mass is 10.2. The van der Waals surface area contributed by atoms with Gasteiger partial charge in [-0.1, -0.05) is 17.7 Å². The third kappa shape index (κ3) is 4.97. The first-order chi connectivity index (χ1) is 8.24. The fourth-order valence-corrected chi connectivity index (χ4v) is 1.99. The lowest BCUT2D eigenvalue weighted by Gasteiger charge is -2.14. The van der Waals surface area contributed by atoms with Gasteiger partial charge in [-0.25, -0.2) is 0 Å². The van der Waals surface area contributed by atoms with Gasteiger partial charge in [0, 0.05) is 11.1 Å². The first kappa shape index (κ1) is 12.7. The van der Waals surface area contributed by atoms with Gasteiger partial charge in [0.25, 0.3) is 0 Å². The Kier molecular flexibility index (Phi) is 4.69. The molecule has 0 bridgehead atoms. The summed E-state index contributed by atoms with van der Waals surface area (Å²) in [5.74, 6) is 0.861. The van der Waals surface area contributed by atoms with Crippen LogP contribution < -0.4 is 10.1 Å². The van der Waals surface area contributed by atoms with Crippen molar-refractivity contribution in [2.45, 2.75) is 44.8 Å². The van der Waals surface area contributed by atoms with Crippen LogP contribution in [0.2, 0.25) is 5.02 Å². The van der Waals surface area contributed by atoms with E-state index >= 15 is 0 Å². The molecule has 94 valence electrons. The van der Waals surface area contributed by atoms with E-state index in [-0.39, 0.29) is 6.10 Å². The highest BCUT2D eigenvalue weighted by Crippen LogP contribution is 2.20. The van der Waals surface area contributed by atoms with Crippen molar-refractivity contribution in [2.24, 2.45) is 0 Å². The summed E-state index contributed by atoms with van der Waals surface area (Å²) in [7, 11) is 0. The minimum absolute atomic E-state index is 0.245. The zero-order valence-corrected chi connectivity index (χ0v) is 11.0. The topological polar surface area (TPSA) is 21.3 Å². The molecule has 1 fully saturated rings. The summed E-state index contributed by atoms with van der Waals surface area (Å²) in [6, 6.07) is 8.39. The van der Waals surface area contributed by atoms with E-state index in [2.05, 4.69) is 12.2 Å². The van der Waals surface area contributed by atoms with E-state index in [1.807, 2.05) is 24.3 Å². The highest BCUT2D eigenvalue weighted by molar-refractivity contribution is 6.30. The van der Waals surface area contributed by atoms with E-state index in [0.29, 0.717) is 0 Å². The van der Waals surface area contributed by atoms with Crippen molar-refractivity contribution in [1.82, 2.24) is 5.32 Å². The van der Waals surface area contributed by atoms with Gasteiger partial charge in [-0.3, -0.25) is 0 Å². The highest BCUT2D eigenvalue weighted by atomic mass is 35.5. The third-order valence-corrected chi connectivity index (χ3v) is 3.17. The van der Waals surface area contributed by atoms with E-state index in [1.54, 1.807) is 0 Å². The second-order valence-corrected chi connectivity index (χ2v) is 5.19. The van der Waals surface area contributed by atoms with Crippen molar-refractivity contribution in [1.29, 1.82) is 0 Å². The molecular formula is C14H20ClNO. The van der Waals surface area contributed by atoms with Gasteiger partial charge in [-0.15, -0.1) is 0 Å². The van der Waals surface area contributed by atoms with E-state index in [1.165, 1.54) is 12.8 Å². The zero-order chi connectivity index (χ0) is 12.1. The number of nitrogens with one attached hydrogen (secondary N) is 1. The molecule has 3 heteroatoms. The fourth-order valence-electron chi connectivity index (χ4n) is 1.81. The molecule has 0 heterocycles. The van der Waals surface area contributed by atoms with Gasteiger partial charge in [0.05, 0.1) is 6.10 Å². The molecule has 1 aliphatic rings. The summed E-state index contributed by atoms with van der Waals surface area (Å²) >= 11 is 5.91. The van der Waals surface area contributed by atoms with Crippen molar-refractivity contribution >= 4 is 11.6 Å². The van der Waals surface area contributed by atoms with E-state index < -0.39 is 0 Å². The molecule has 17 heavy (non-hydrogen) atoms. The van der Waals surface area contributed by atoms with Crippen LogP contribution in [0.3, 0.4) is 0 Å². The Morgan fingerprint density at radius 1 is 1.47 bits per heavy atom. The summed E-state index contributed by atoms with van der Waals surface area (Å²) in [6.07, 6.45) is 5.20. The minimum atomic E-state index is 0.245. The molecule has 0 saturated heterocycles. The summed E-state index contributed by atoms with van der Waals surface area (Å²) in [5, 5.41) is 4.24. The summed E-state index contributed by atoms with van der Waals surface area (Å²) in [4.78, 5) is 0. The molecule has 1 saturated carbocycles. The Balaban J connectivity index is 1.63. The van der Waals surface area contributed by atoms with Gasteiger partial charge in [0.1, 0.15) is 5.75 Å². The molecular weight excluding hydrogens is 234 g/mol. The normalized spacial score (nSPS) is 16.8. The quantitative estimate of drug-likeness (QED) is 0.749. The molecule has 1 atom stereocenters. The molecule has 0 aromatic heterocycles. The third-order valence-electron chi connectivity index (χ3n) is 2.93. The Hall–Kier alpha value is -0.730. The number of benzene rings is 1. The molecule has 1 aliphatic carbocycles. The average Bonchev–Trinajstić information content (AvgIpc) is 3.08. The monoisotopic (exact) mass is 253 g/mol. The van der Waals surface area contributed by atoms with Crippen molar-refractivity contribution < 1.29 is 4.74 Å². The van der Waals surface area contributed by atoms with Crippen LogP contribution in [-0.4, -0.2) is 18.7 Å². The van der Waals surface area contributed by atoms with Crippen LogP contribution in [0.4, 0.5) is 0 Å². The smallest absolute Gasteiger partial charge is 0.121 e. The summed E-state index contributed by atoms with van der Waals surface area (Å²) < 4.78 is 5.81. The second kappa shape index (κ2) is 6.27. The van der Waals surface area contributed by atoms with Crippen LogP contribution in [0, 0.1) is 0 Å². The number of hydrogen-bond donors (Lipinski definition) is 1. The maximum Gasteiger partial charge on any atom is 0.121 e. The van der Waals surface area contributed by atoms with Crippen molar-refractivity contribution in [3.8, 4) is 5.75 Å².